The number of benzene rings is 2. The van der Waals surface area contributed by atoms with Crippen molar-refractivity contribution in [1.82, 2.24) is 0 Å². The van der Waals surface area contributed by atoms with Crippen LogP contribution < -0.4 is 4.74 Å². The number of halogens is 1. The zero-order valence-electron chi connectivity index (χ0n) is 11.4. The lowest BCUT2D eigenvalue weighted by Crippen LogP contribution is -2.27. The van der Waals surface area contributed by atoms with Crippen molar-refractivity contribution in [3.8, 4) is 5.75 Å². The van der Waals surface area contributed by atoms with Crippen LogP contribution in [0.2, 0.25) is 0 Å². The van der Waals surface area contributed by atoms with E-state index in [2.05, 4.69) is 22.0 Å². The zero-order chi connectivity index (χ0) is 14.2. The van der Waals surface area contributed by atoms with E-state index in [0.29, 0.717) is 13.0 Å². The molecule has 0 aliphatic carbocycles. The fourth-order valence-corrected chi connectivity index (χ4v) is 3.24. The van der Waals surface area contributed by atoms with Crippen molar-refractivity contribution in [2.75, 3.05) is 6.61 Å². The van der Waals surface area contributed by atoms with Gasteiger partial charge in [-0.1, -0.05) is 53.2 Å². The summed E-state index contributed by atoms with van der Waals surface area (Å²) in [7, 11) is 0. The minimum absolute atomic E-state index is 0.600. The van der Waals surface area contributed by atoms with Crippen LogP contribution in [0.5, 0.6) is 5.75 Å². The summed E-state index contributed by atoms with van der Waals surface area (Å²) in [6.45, 7) is 2.69. The second-order valence-electron chi connectivity index (χ2n) is 5.12. The van der Waals surface area contributed by atoms with Gasteiger partial charge >= 0.3 is 0 Å². The summed E-state index contributed by atoms with van der Waals surface area (Å²) in [5, 5.41) is 11.3. The lowest BCUT2D eigenvalue weighted by molar-refractivity contribution is 0.0735. The van der Waals surface area contributed by atoms with Crippen LogP contribution in [0, 0.1) is 0 Å². The number of aliphatic hydroxyl groups is 1. The van der Waals surface area contributed by atoms with Crippen molar-refractivity contribution in [3.63, 3.8) is 0 Å². The lowest BCUT2D eigenvalue weighted by Gasteiger charge is -2.29. The van der Waals surface area contributed by atoms with Gasteiger partial charge in [-0.3, -0.25) is 0 Å². The second-order valence-corrected chi connectivity index (χ2v) is 6.03. The predicted molar refractivity (Wildman–Crippen MR) is 83.1 cm³/mol. The zero-order valence-corrected chi connectivity index (χ0v) is 13.0. The van der Waals surface area contributed by atoms with Crippen LogP contribution in [0.15, 0.2) is 46.9 Å². The Labute approximate surface area is 127 Å². The minimum Gasteiger partial charge on any atom is -0.493 e. The molecule has 0 spiro atoms. The summed E-state index contributed by atoms with van der Waals surface area (Å²) >= 11 is 3.48. The highest BCUT2D eigenvalue weighted by molar-refractivity contribution is 9.10. The van der Waals surface area contributed by atoms with Gasteiger partial charge in [-0.15, -0.1) is 0 Å². The fourth-order valence-electron chi connectivity index (χ4n) is 2.84. The Hall–Kier alpha value is -1.32. The molecular formula is C17H17BrO2. The molecule has 0 saturated carbocycles. The van der Waals surface area contributed by atoms with Crippen molar-refractivity contribution >= 4 is 15.9 Å². The molecule has 0 saturated heterocycles. The number of hydrogen-bond acceptors (Lipinski definition) is 2. The monoisotopic (exact) mass is 332 g/mol. The van der Waals surface area contributed by atoms with Gasteiger partial charge in [0.2, 0.25) is 0 Å². The summed E-state index contributed by atoms with van der Waals surface area (Å²) in [6, 6.07) is 13.9. The smallest absolute Gasteiger partial charge is 0.129 e. The van der Waals surface area contributed by atoms with E-state index in [1.54, 1.807) is 0 Å². The molecule has 0 aromatic heterocycles. The Morgan fingerprint density at radius 3 is 2.80 bits per heavy atom. The van der Waals surface area contributed by atoms with Gasteiger partial charge in [-0.05, 0) is 29.7 Å². The molecule has 2 nitrogen and oxygen atoms in total. The van der Waals surface area contributed by atoms with E-state index < -0.39 is 5.60 Å². The first kappa shape index (κ1) is 13.7. The van der Waals surface area contributed by atoms with Gasteiger partial charge in [0, 0.05) is 16.5 Å². The van der Waals surface area contributed by atoms with Gasteiger partial charge < -0.3 is 9.84 Å². The van der Waals surface area contributed by atoms with Crippen LogP contribution in [0.3, 0.4) is 0 Å². The molecule has 1 heterocycles. The van der Waals surface area contributed by atoms with Crippen LogP contribution in [-0.2, 0) is 12.0 Å². The average Bonchev–Trinajstić information content (AvgIpc) is 2.94. The SMILES string of the molecule is CCC(O)(c1cccc(Br)c1)c1cccc2c1OCC2. The minimum atomic E-state index is -1.01. The number of ether oxygens (including phenoxy) is 1. The topological polar surface area (TPSA) is 29.5 Å². The summed E-state index contributed by atoms with van der Waals surface area (Å²) in [6.07, 6.45) is 1.52. The molecule has 104 valence electrons. The summed E-state index contributed by atoms with van der Waals surface area (Å²) in [5.74, 6) is 0.858. The van der Waals surface area contributed by atoms with Gasteiger partial charge in [0.15, 0.2) is 0 Å². The maximum absolute atomic E-state index is 11.3. The maximum atomic E-state index is 11.3. The standard InChI is InChI=1S/C17H17BrO2/c1-2-17(19,13-6-4-7-14(18)11-13)15-8-3-5-12-9-10-20-16(12)15/h3-8,11,19H,2,9-10H2,1H3. The van der Waals surface area contributed by atoms with Gasteiger partial charge in [0.25, 0.3) is 0 Å². The lowest BCUT2D eigenvalue weighted by atomic mass is 9.83. The Morgan fingerprint density at radius 1 is 1.25 bits per heavy atom. The van der Waals surface area contributed by atoms with Crippen molar-refractivity contribution in [2.24, 2.45) is 0 Å². The normalized spacial score (nSPS) is 16.4. The highest BCUT2D eigenvalue weighted by atomic mass is 79.9. The van der Waals surface area contributed by atoms with E-state index in [9.17, 15) is 5.11 Å². The third kappa shape index (κ3) is 2.15. The molecule has 1 aliphatic rings. The number of para-hydroxylation sites is 1. The highest BCUT2D eigenvalue weighted by Gasteiger charge is 2.34. The van der Waals surface area contributed by atoms with Gasteiger partial charge in [-0.2, -0.15) is 0 Å². The summed E-state index contributed by atoms with van der Waals surface area (Å²) < 4.78 is 6.73. The van der Waals surface area contributed by atoms with Gasteiger partial charge in [0.05, 0.1) is 6.61 Å². The summed E-state index contributed by atoms with van der Waals surface area (Å²) in [5.41, 5.74) is 1.93. The molecule has 1 aliphatic heterocycles. The first-order valence-corrected chi connectivity index (χ1v) is 7.68. The average molecular weight is 333 g/mol. The van der Waals surface area contributed by atoms with E-state index in [-0.39, 0.29) is 0 Å². The van der Waals surface area contributed by atoms with E-state index in [0.717, 1.165) is 27.8 Å². The van der Waals surface area contributed by atoms with Crippen molar-refractivity contribution in [3.05, 3.63) is 63.6 Å². The quantitative estimate of drug-likeness (QED) is 0.919. The Morgan fingerprint density at radius 2 is 2.05 bits per heavy atom. The van der Waals surface area contributed by atoms with E-state index in [1.165, 1.54) is 5.56 Å². The molecule has 2 aromatic carbocycles. The van der Waals surface area contributed by atoms with Crippen molar-refractivity contribution in [2.45, 2.75) is 25.4 Å². The fraction of sp³-hybridized carbons (Fsp3) is 0.294. The summed E-state index contributed by atoms with van der Waals surface area (Å²) in [4.78, 5) is 0. The molecule has 2 aromatic rings. The van der Waals surface area contributed by atoms with Crippen LogP contribution in [-0.4, -0.2) is 11.7 Å². The third-order valence-electron chi connectivity index (χ3n) is 3.97. The predicted octanol–water partition coefficient (Wildman–Crippen LogP) is 4.03. The molecule has 1 atom stereocenters. The molecule has 0 radical (unpaired) electrons. The Kier molecular flexibility index (Phi) is 3.57. The second kappa shape index (κ2) is 5.23. The van der Waals surface area contributed by atoms with E-state index >= 15 is 0 Å². The molecule has 0 amide bonds. The number of hydrogen-bond donors (Lipinski definition) is 1. The first-order chi connectivity index (χ1) is 9.65. The van der Waals surface area contributed by atoms with Crippen LogP contribution >= 0.6 is 15.9 Å². The van der Waals surface area contributed by atoms with Gasteiger partial charge in [-0.25, -0.2) is 0 Å². The Balaban J connectivity index is 2.16. The van der Waals surface area contributed by atoms with Crippen LogP contribution in [0.4, 0.5) is 0 Å². The molecule has 0 bridgehead atoms. The number of rotatable bonds is 3. The molecule has 20 heavy (non-hydrogen) atoms. The maximum Gasteiger partial charge on any atom is 0.129 e. The van der Waals surface area contributed by atoms with Crippen molar-refractivity contribution < 1.29 is 9.84 Å². The number of fused-ring (bicyclic) bond motifs is 1. The molecule has 3 rings (SSSR count). The Bertz CT molecular complexity index is 639. The largest absolute Gasteiger partial charge is 0.493 e. The first-order valence-electron chi connectivity index (χ1n) is 6.88. The molecule has 1 N–H and O–H groups in total. The third-order valence-corrected chi connectivity index (χ3v) is 4.47. The molecule has 3 heteroatoms. The molecule has 1 unspecified atom stereocenters. The van der Waals surface area contributed by atoms with E-state index in [4.69, 9.17) is 4.74 Å². The van der Waals surface area contributed by atoms with Crippen LogP contribution in [0.1, 0.15) is 30.0 Å². The van der Waals surface area contributed by atoms with Crippen molar-refractivity contribution in [1.29, 1.82) is 0 Å². The highest BCUT2D eigenvalue weighted by Crippen LogP contribution is 2.42. The molecule has 0 fully saturated rings. The van der Waals surface area contributed by atoms with E-state index in [1.807, 2.05) is 43.3 Å². The van der Waals surface area contributed by atoms with Crippen LogP contribution in [0.25, 0.3) is 0 Å². The van der Waals surface area contributed by atoms with Gasteiger partial charge in [0.1, 0.15) is 11.4 Å². The molecular weight excluding hydrogens is 316 g/mol.